The molecule has 2 aromatic rings. The summed E-state index contributed by atoms with van der Waals surface area (Å²) in [5.41, 5.74) is 2.92. The lowest BCUT2D eigenvalue weighted by Crippen LogP contribution is -2.33. The summed E-state index contributed by atoms with van der Waals surface area (Å²) in [5.74, 6) is -1.11. The fourth-order valence-corrected chi connectivity index (χ4v) is 1.45. The van der Waals surface area contributed by atoms with Crippen molar-refractivity contribution in [1.82, 2.24) is 5.43 Å². The Labute approximate surface area is 127 Å². The quantitative estimate of drug-likeness (QED) is 0.502. The molecule has 0 bridgehead atoms. The number of carbonyl (C=O) groups excluding carboxylic acids is 1. The van der Waals surface area contributed by atoms with Gasteiger partial charge in [-0.2, -0.15) is 22.7 Å². The van der Waals surface area contributed by atoms with Gasteiger partial charge in [0, 0.05) is 11.1 Å². The van der Waals surface area contributed by atoms with Crippen molar-refractivity contribution in [3.05, 3.63) is 54.0 Å². The number of alkyl halides is 4. The standard InChI is InChI=1S/C14H10F4N2O3/c15-13(16)14(17,18)23-11-3-1-10(2-4-11)12(21)20-19-7-9-5-6-22-8-9/h1-8,13H,(H,20,21). The van der Waals surface area contributed by atoms with Gasteiger partial charge in [0.25, 0.3) is 5.91 Å². The fraction of sp³-hybridized carbons (Fsp3) is 0.143. The number of benzene rings is 1. The highest BCUT2D eigenvalue weighted by Crippen LogP contribution is 2.27. The number of hydrazone groups is 1. The van der Waals surface area contributed by atoms with E-state index in [4.69, 9.17) is 4.42 Å². The van der Waals surface area contributed by atoms with E-state index in [1.807, 2.05) is 0 Å². The van der Waals surface area contributed by atoms with Crippen LogP contribution >= 0.6 is 0 Å². The minimum Gasteiger partial charge on any atom is -0.472 e. The Kier molecular flexibility index (Phi) is 4.99. The number of amides is 1. The SMILES string of the molecule is O=C(NN=Cc1ccoc1)c1ccc(OC(F)(F)C(F)F)cc1. The van der Waals surface area contributed by atoms with E-state index in [1.165, 1.54) is 18.7 Å². The van der Waals surface area contributed by atoms with E-state index in [9.17, 15) is 22.4 Å². The summed E-state index contributed by atoms with van der Waals surface area (Å²) in [7, 11) is 0. The van der Waals surface area contributed by atoms with Gasteiger partial charge in [-0.1, -0.05) is 0 Å². The van der Waals surface area contributed by atoms with Gasteiger partial charge in [0.15, 0.2) is 0 Å². The molecule has 0 aliphatic heterocycles. The number of nitrogens with one attached hydrogen (secondary N) is 1. The lowest BCUT2D eigenvalue weighted by molar-refractivity contribution is -0.253. The topological polar surface area (TPSA) is 63.8 Å². The molecule has 0 radical (unpaired) electrons. The van der Waals surface area contributed by atoms with Crippen LogP contribution in [-0.2, 0) is 0 Å². The summed E-state index contributed by atoms with van der Waals surface area (Å²) in [4.78, 5) is 11.7. The third-order valence-corrected chi connectivity index (χ3v) is 2.55. The number of nitrogens with zero attached hydrogens (tertiary/aromatic N) is 1. The first-order valence-corrected chi connectivity index (χ1v) is 6.19. The molecule has 1 aromatic heterocycles. The van der Waals surface area contributed by atoms with Gasteiger partial charge >= 0.3 is 12.5 Å². The van der Waals surface area contributed by atoms with Gasteiger partial charge in [-0.15, -0.1) is 0 Å². The highest BCUT2D eigenvalue weighted by atomic mass is 19.3. The molecule has 122 valence electrons. The van der Waals surface area contributed by atoms with Crippen molar-refractivity contribution < 1.29 is 31.5 Å². The molecule has 0 fully saturated rings. The first-order valence-electron chi connectivity index (χ1n) is 6.19. The second kappa shape index (κ2) is 6.95. The molecule has 0 saturated carbocycles. The molecule has 2 rings (SSSR count). The molecule has 0 saturated heterocycles. The highest BCUT2D eigenvalue weighted by Gasteiger charge is 2.43. The van der Waals surface area contributed by atoms with Crippen molar-refractivity contribution in [2.75, 3.05) is 0 Å². The zero-order chi connectivity index (χ0) is 16.9. The molecule has 0 aliphatic rings. The second-order valence-corrected chi connectivity index (χ2v) is 4.24. The summed E-state index contributed by atoms with van der Waals surface area (Å²) in [6, 6.07) is 5.85. The van der Waals surface area contributed by atoms with E-state index in [0.717, 1.165) is 24.3 Å². The van der Waals surface area contributed by atoms with Gasteiger partial charge in [0.1, 0.15) is 5.75 Å². The maximum atomic E-state index is 12.7. The molecule has 9 heteroatoms. The highest BCUT2D eigenvalue weighted by molar-refractivity contribution is 5.94. The lowest BCUT2D eigenvalue weighted by Gasteiger charge is -2.16. The molecule has 1 amide bonds. The average molecular weight is 330 g/mol. The van der Waals surface area contributed by atoms with E-state index >= 15 is 0 Å². The van der Waals surface area contributed by atoms with Crippen molar-refractivity contribution in [2.45, 2.75) is 12.5 Å². The monoisotopic (exact) mass is 330 g/mol. The smallest absolute Gasteiger partial charge is 0.461 e. The average Bonchev–Trinajstić information content (AvgIpc) is 3.00. The second-order valence-electron chi connectivity index (χ2n) is 4.24. The summed E-state index contributed by atoms with van der Waals surface area (Å²) >= 11 is 0. The van der Waals surface area contributed by atoms with Gasteiger partial charge in [-0.25, -0.2) is 5.43 Å². The van der Waals surface area contributed by atoms with Crippen LogP contribution in [0.4, 0.5) is 17.6 Å². The van der Waals surface area contributed by atoms with Gasteiger partial charge in [-0.3, -0.25) is 4.79 Å². The molecule has 1 heterocycles. The third-order valence-electron chi connectivity index (χ3n) is 2.55. The van der Waals surface area contributed by atoms with Crippen LogP contribution in [0.1, 0.15) is 15.9 Å². The van der Waals surface area contributed by atoms with Crippen LogP contribution < -0.4 is 10.2 Å². The molecule has 1 aromatic carbocycles. The summed E-state index contributed by atoms with van der Waals surface area (Å²) in [6.07, 6.45) is -4.38. The normalized spacial score (nSPS) is 11.9. The van der Waals surface area contributed by atoms with E-state index in [2.05, 4.69) is 15.3 Å². The Bertz CT molecular complexity index is 670. The summed E-state index contributed by atoms with van der Waals surface area (Å²) < 4.78 is 58.1. The van der Waals surface area contributed by atoms with Crippen molar-refractivity contribution >= 4 is 12.1 Å². The van der Waals surface area contributed by atoms with Gasteiger partial charge in [0.2, 0.25) is 0 Å². The summed E-state index contributed by atoms with van der Waals surface area (Å²) in [5, 5.41) is 3.66. The van der Waals surface area contributed by atoms with Crippen molar-refractivity contribution in [1.29, 1.82) is 0 Å². The van der Waals surface area contributed by atoms with E-state index in [-0.39, 0.29) is 5.56 Å². The van der Waals surface area contributed by atoms with Gasteiger partial charge < -0.3 is 9.15 Å². The minimum absolute atomic E-state index is 0.0852. The molecular formula is C14H10F4N2O3. The van der Waals surface area contributed by atoms with Crippen LogP contribution in [0.3, 0.4) is 0 Å². The molecule has 23 heavy (non-hydrogen) atoms. The summed E-state index contributed by atoms with van der Waals surface area (Å²) in [6.45, 7) is 0. The Morgan fingerprint density at radius 3 is 2.52 bits per heavy atom. The van der Waals surface area contributed by atoms with E-state index in [1.54, 1.807) is 6.07 Å². The molecule has 5 nitrogen and oxygen atoms in total. The zero-order valence-electron chi connectivity index (χ0n) is 11.4. The van der Waals surface area contributed by atoms with Gasteiger partial charge in [0.05, 0.1) is 18.7 Å². The van der Waals surface area contributed by atoms with Crippen molar-refractivity contribution in [2.24, 2.45) is 5.10 Å². The Hall–Kier alpha value is -2.84. The number of halogens is 4. The first kappa shape index (κ1) is 16.5. The molecular weight excluding hydrogens is 320 g/mol. The number of furan rings is 1. The van der Waals surface area contributed by atoms with Crippen LogP contribution in [0.2, 0.25) is 0 Å². The largest absolute Gasteiger partial charge is 0.472 e. The van der Waals surface area contributed by atoms with Crippen molar-refractivity contribution in [3.63, 3.8) is 0 Å². The molecule has 0 aliphatic carbocycles. The number of carbonyl (C=O) groups is 1. The number of rotatable bonds is 6. The molecule has 1 N–H and O–H groups in total. The number of ether oxygens (including phenoxy) is 1. The minimum atomic E-state index is -4.60. The third kappa shape index (κ3) is 4.56. The Morgan fingerprint density at radius 2 is 1.96 bits per heavy atom. The van der Waals surface area contributed by atoms with Crippen LogP contribution in [0.25, 0.3) is 0 Å². The molecule has 0 atom stereocenters. The van der Waals surface area contributed by atoms with E-state index in [0.29, 0.717) is 5.56 Å². The molecule has 0 spiro atoms. The zero-order valence-corrected chi connectivity index (χ0v) is 11.4. The van der Waals surface area contributed by atoms with Crippen LogP contribution in [0.5, 0.6) is 5.75 Å². The number of hydrogen-bond acceptors (Lipinski definition) is 4. The maximum absolute atomic E-state index is 12.7. The lowest BCUT2D eigenvalue weighted by atomic mass is 10.2. The number of hydrogen-bond donors (Lipinski definition) is 1. The van der Waals surface area contributed by atoms with Crippen LogP contribution in [0.15, 0.2) is 52.4 Å². The Morgan fingerprint density at radius 1 is 1.26 bits per heavy atom. The predicted octanol–water partition coefficient (Wildman–Crippen LogP) is 3.28. The van der Waals surface area contributed by atoms with E-state index < -0.39 is 24.2 Å². The van der Waals surface area contributed by atoms with Crippen LogP contribution in [-0.4, -0.2) is 24.7 Å². The first-order chi connectivity index (χ1) is 10.9. The predicted molar refractivity (Wildman–Crippen MR) is 71.8 cm³/mol. The fourth-order valence-electron chi connectivity index (χ4n) is 1.45. The maximum Gasteiger partial charge on any atom is 0.461 e. The van der Waals surface area contributed by atoms with Crippen LogP contribution in [0, 0.1) is 0 Å². The Balaban J connectivity index is 1.95. The molecule has 0 unspecified atom stereocenters. The van der Waals surface area contributed by atoms with Crippen molar-refractivity contribution in [3.8, 4) is 5.75 Å². The van der Waals surface area contributed by atoms with Gasteiger partial charge in [-0.05, 0) is 30.3 Å².